The van der Waals surface area contributed by atoms with E-state index in [0.29, 0.717) is 29.1 Å². The average molecular weight is 491 g/mol. The van der Waals surface area contributed by atoms with Crippen molar-refractivity contribution in [1.29, 1.82) is 0 Å². The molecule has 0 saturated carbocycles. The predicted molar refractivity (Wildman–Crippen MR) is 135 cm³/mol. The Kier molecular flexibility index (Phi) is 6.19. The van der Waals surface area contributed by atoms with Gasteiger partial charge in [-0.25, -0.2) is 4.79 Å². The lowest BCUT2D eigenvalue weighted by atomic mass is 9.97. The molecule has 7 nitrogen and oxygen atoms in total. The Balaban J connectivity index is 1.53. The molecule has 1 aliphatic rings. The van der Waals surface area contributed by atoms with Crippen LogP contribution in [0.3, 0.4) is 0 Å². The predicted octanol–water partition coefficient (Wildman–Crippen LogP) is 5.05. The van der Waals surface area contributed by atoms with Gasteiger partial charge in [-0.2, -0.15) is 0 Å². The number of nitrogens with zero attached hydrogens (tertiary/aromatic N) is 1. The van der Waals surface area contributed by atoms with E-state index in [9.17, 15) is 14.7 Å². The van der Waals surface area contributed by atoms with Crippen molar-refractivity contribution in [3.05, 3.63) is 82.4 Å². The molecule has 1 fully saturated rings. The number of anilines is 1. The molecule has 2 N–H and O–H groups in total. The van der Waals surface area contributed by atoms with Crippen LogP contribution in [-0.2, 0) is 9.47 Å². The molecule has 3 aromatic carbocycles. The summed E-state index contributed by atoms with van der Waals surface area (Å²) < 4.78 is 10.2. The normalized spacial score (nSPS) is 13.7. The highest BCUT2D eigenvalue weighted by molar-refractivity contribution is 6.34. The molecule has 0 atom stereocenters. The molecule has 1 aromatic heterocycles. The summed E-state index contributed by atoms with van der Waals surface area (Å²) >= 11 is 6.59. The highest BCUT2D eigenvalue weighted by atomic mass is 35.5. The minimum atomic E-state index is -0.544. The highest BCUT2D eigenvalue weighted by Gasteiger charge is 2.22. The first-order valence-corrected chi connectivity index (χ1v) is 11.5. The monoisotopic (exact) mass is 490 g/mol. The number of nitrogens with one attached hydrogen (secondary N) is 1. The second-order valence-electron chi connectivity index (χ2n) is 8.27. The number of hydrogen-bond acceptors (Lipinski definition) is 6. The molecule has 0 bridgehead atoms. The van der Waals surface area contributed by atoms with Crippen molar-refractivity contribution in [2.24, 2.45) is 0 Å². The number of benzene rings is 3. The van der Waals surface area contributed by atoms with Gasteiger partial charge in [0.15, 0.2) is 5.78 Å². The number of ketones is 1. The SMILES string of the molecule is COC(=O)c1cccc(C(=O)c2c(O)[nH]c3cc(Cl)c(-c4ccc(N5CCOCC5)cc4)cc23)c1. The molecule has 0 spiro atoms. The van der Waals surface area contributed by atoms with Crippen molar-refractivity contribution in [3.63, 3.8) is 0 Å². The first kappa shape index (κ1) is 23.0. The molecule has 4 aromatic rings. The Hall–Kier alpha value is -3.81. The first-order valence-electron chi connectivity index (χ1n) is 11.2. The summed E-state index contributed by atoms with van der Waals surface area (Å²) in [4.78, 5) is 30.4. The van der Waals surface area contributed by atoms with Crippen LogP contribution in [0.15, 0.2) is 60.7 Å². The quantitative estimate of drug-likeness (QED) is 0.300. The van der Waals surface area contributed by atoms with Gasteiger partial charge in [-0.1, -0.05) is 35.9 Å². The molecule has 5 rings (SSSR count). The van der Waals surface area contributed by atoms with E-state index < -0.39 is 11.8 Å². The summed E-state index contributed by atoms with van der Waals surface area (Å²) in [6, 6.07) is 17.8. The fourth-order valence-electron chi connectivity index (χ4n) is 4.38. The van der Waals surface area contributed by atoms with E-state index in [2.05, 4.69) is 9.88 Å². The number of morpholine rings is 1. The summed E-state index contributed by atoms with van der Waals surface area (Å²) in [5.41, 5.74) is 3.90. The van der Waals surface area contributed by atoms with E-state index in [1.165, 1.54) is 13.2 Å². The van der Waals surface area contributed by atoms with Gasteiger partial charge >= 0.3 is 5.97 Å². The van der Waals surface area contributed by atoms with Crippen LogP contribution in [0, 0.1) is 0 Å². The number of carbonyl (C=O) groups excluding carboxylic acids is 2. The topological polar surface area (TPSA) is 91.9 Å². The summed E-state index contributed by atoms with van der Waals surface area (Å²) in [5.74, 6) is -1.22. The van der Waals surface area contributed by atoms with Gasteiger partial charge in [0.1, 0.15) is 0 Å². The van der Waals surface area contributed by atoms with Gasteiger partial charge in [0.25, 0.3) is 0 Å². The number of fused-ring (bicyclic) bond motifs is 1. The maximum absolute atomic E-state index is 13.4. The fraction of sp³-hybridized carbons (Fsp3) is 0.185. The van der Waals surface area contributed by atoms with E-state index >= 15 is 0 Å². The zero-order valence-corrected chi connectivity index (χ0v) is 19.8. The van der Waals surface area contributed by atoms with Gasteiger partial charge in [0.05, 0.1) is 42.0 Å². The smallest absolute Gasteiger partial charge is 0.337 e. The second kappa shape index (κ2) is 9.44. The number of aromatic nitrogens is 1. The summed E-state index contributed by atoms with van der Waals surface area (Å²) in [5, 5.41) is 11.6. The Morgan fingerprint density at radius 2 is 1.74 bits per heavy atom. The van der Waals surface area contributed by atoms with Gasteiger partial charge in [-0.05, 0) is 42.0 Å². The van der Waals surface area contributed by atoms with E-state index in [4.69, 9.17) is 21.1 Å². The molecule has 2 heterocycles. The summed E-state index contributed by atoms with van der Waals surface area (Å²) in [7, 11) is 1.28. The number of halogens is 1. The van der Waals surface area contributed by atoms with Crippen molar-refractivity contribution >= 4 is 39.9 Å². The lowest BCUT2D eigenvalue weighted by Gasteiger charge is -2.29. The third-order valence-electron chi connectivity index (χ3n) is 6.19. The lowest BCUT2D eigenvalue weighted by molar-refractivity contribution is 0.0600. The molecule has 1 saturated heterocycles. The average Bonchev–Trinajstić information content (AvgIpc) is 3.22. The van der Waals surface area contributed by atoms with Gasteiger partial charge in [0, 0.05) is 35.3 Å². The van der Waals surface area contributed by atoms with Crippen LogP contribution in [0.25, 0.3) is 22.0 Å². The van der Waals surface area contributed by atoms with Crippen LogP contribution in [0.4, 0.5) is 5.69 Å². The van der Waals surface area contributed by atoms with Crippen LogP contribution in [0.2, 0.25) is 5.02 Å². The van der Waals surface area contributed by atoms with Gasteiger partial charge in [-0.3, -0.25) is 4.79 Å². The van der Waals surface area contributed by atoms with Gasteiger partial charge in [-0.15, -0.1) is 0 Å². The summed E-state index contributed by atoms with van der Waals surface area (Å²) in [6.45, 7) is 3.11. The van der Waals surface area contributed by atoms with Crippen LogP contribution in [0.5, 0.6) is 5.88 Å². The zero-order chi connectivity index (χ0) is 24.5. The Morgan fingerprint density at radius 3 is 2.46 bits per heavy atom. The maximum Gasteiger partial charge on any atom is 0.337 e. The molecule has 0 amide bonds. The number of esters is 1. The van der Waals surface area contributed by atoms with Gasteiger partial charge < -0.3 is 24.5 Å². The number of hydrogen-bond donors (Lipinski definition) is 2. The molecule has 35 heavy (non-hydrogen) atoms. The third-order valence-corrected chi connectivity index (χ3v) is 6.51. The Labute approximate surface area is 206 Å². The Morgan fingerprint density at radius 1 is 1.03 bits per heavy atom. The molecule has 0 radical (unpaired) electrons. The van der Waals surface area contributed by atoms with Crippen molar-refractivity contribution in [2.75, 3.05) is 38.3 Å². The number of aromatic hydroxyl groups is 1. The van der Waals surface area contributed by atoms with Crippen molar-refractivity contribution in [3.8, 4) is 17.0 Å². The lowest BCUT2D eigenvalue weighted by Crippen LogP contribution is -2.36. The van der Waals surface area contributed by atoms with E-state index in [1.54, 1.807) is 30.3 Å². The zero-order valence-electron chi connectivity index (χ0n) is 19.0. The van der Waals surface area contributed by atoms with Crippen LogP contribution < -0.4 is 4.90 Å². The van der Waals surface area contributed by atoms with Gasteiger partial charge in [0.2, 0.25) is 5.88 Å². The number of H-pyrrole nitrogens is 1. The van der Waals surface area contributed by atoms with Crippen LogP contribution in [-0.4, -0.2) is 55.3 Å². The molecule has 178 valence electrons. The van der Waals surface area contributed by atoms with E-state index in [0.717, 1.165) is 29.9 Å². The highest BCUT2D eigenvalue weighted by Crippen LogP contribution is 2.37. The molecule has 1 aliphatic heterocycles. The van der Waals surface area contributed by atoms with Crippen LogP contribution >= 0.6 is 11.6 Å². The number of aromatic amines is 1. The van der Waals surface area contributed by atoms with Crippen molar-refractivity contribution in [1.82, 2.24) is 4.98 Å². The van der Waals surface area contributed by atoms with E-state index in [1.807, 2.05) is 24.3 Å². The first-order chi connectivity index (χ1) is 17.0. The number of ether oxygens (including phenoxy) is 2. The number of carbonyl (C=O) groups is 2. The van der Waals surface area contributed by atoms with Crippen LogP contribution in [0.1, 0.15) is 26.3 Å². The van der Waals surface area contributed by atoms with Crippen molar-refractivity contribution in [2.45, 2.75) is 0 Å². The summed E-state index contributed by atoms with van der Waals surface area (Å²) in [6.07, 6.45) is 0. The maximum atomic E-state index is 13.4. The standard InChI is InChI=1S/C27H23ClN2O5/c1-34-27(33)18-4-2-3-17(13-18)25(31)24-21-14-20(22(28)15-23(21)29-26(24)32)16-5-7-19(8-6-16)30-9-11-35-12-10-30/h2-8,13-15,29,32H,9-12H2,1H3. The Bertz CT molecular complexity index is 1420. The molecule has 8 heteroatoms. The van der Waals surface area contributed by atoms with E-state index in [-0.39, 0.29) is 22.6 Å². The third kappa shape index (κ3) is 4.36. The minimum absolute atomic E-state index is 0.116. The molecule has 0 aliphatic carbocycles. The van der Waals surface area contributed by atoms with Crippen molar-refractivity contribution < 1.29 is 24.2 Å². The minimum Gasteiger partial charge on any atom is -0.494 e. The number of methoxy groups -OCH3 is 1. The molecular weight excluding hydrogens is 468 g/mol. The molecule has 0 unspecified atom stereocenters. The molecular formula is C27H23ClN2O5. The second-order valence-corrected chi connectivity index (χ2v) is 8.68. The number of rotatable bonds is 5. The fourth-order valence-corrected chi connectivity index (χ4v) is 4.65. The largest absolute Gasteiger partial charge is 0.494 e.